The molecule has 5 rings (SSSR count). The second-order valence-electron chi connectivity index (χ2n) is 6.96. The number of rotatable bonds is 4. The fourth-order valence-electron chi connectivity index (χ4n) is 3.45. The van der Waals surface area contributed by atoms with Crippen LogP contribution in [0.1, 0.15) is 0 Å². The number of nitrogens with one attached hydrogen (secondary N) is 2. The number of H-pyrrole nitrogens is 1. The van der Waals surface area contributed by atoms with Gasteiger partial charge in [-0.05, 0) is 18.2 Å². The van der Waals surface area contributed by atoms with E-state index in [1.165, 1.54) is 6.33 Å². The molecule has 0 unspecified atom stereocenters. The van der Waals surface area contributed by atoms with Crippen LogP contribution in [0.25, 0.3) is 22.4 Å². The van der Waals surface area contributed by atoms with Gasteiger partial charge in [0.2, 0.25) is 0 Å². The topological polar surface area (TPSA) is 99.7 Å². The maximum Gasteiger partial charge on any atom is 0.159 e. The minimum Gasteiger partial charge on any atom is -0.355 e. The lowest BCUT2D eigenvalue weighted by Crippen LogP contribution is -2.38. The Morgan fingerprint density at radius 2 is 1.84 bits per heavy atom. The molecule has 1 fully saturated rings. The normalized spacial score (nSPS) is 14.8. The minimum atomic E-state index is -0.746. The van der Waals surface area contributed by atoms with E-state index in [0.29, 0.717) is 63.2 Å². The fraction of sp³-hybridized carbons (Fsp3) is 0.200. The molecule has 3 aromatic heterocycles. The van der Waals surface area contributed by atoms with Crippen molar-refractivity contribution in [3.63, 3.8) is 0 Å². The van der Waals surface area contributed by atoms with Crippen molar-refractivity contribution in [2.45, 2.75) is 0 Å². The highest BCUT2D eigenvalue weighted by molar-refractivity contribution is 7.85. The Bertz CT molecular complexity index is 1270. The van der Waals surface area contributed by atoms with Crippen molar-refractivity contribution >= 4 is 62.5 Å². The molecule has 31 heavy (non-hydrogen) atoms. The summed E-state index contributed by atoms with van der Waals surface area (Å²) in [7, 11) is -0.746. The molecule has 0 amide bonds. The van der Waals surface area contributed by atoms with Crippen LogP contribution in [0.15, 0.2) is 42.9 Å². The van der Waals surface area contributed by atoms with Crippen LogP contribution in [0.5, 0.6) is 0 Å². The summed E-state index contributed by atoms with van der Waals surface area (Å²) in [6.07, 6.45) is 3.19. The summed E-state index contributed by atoms with van der Waals surface area (Å²) >= 11 is 12.7. The summed E-state index contributed by atoms with van der Waals surface area (Å²) in [6.45, 7) is 1.41. The van der Waals surface area contributed by atoms with Crippen LogP contribution in [0.4, 0.5) is 17.5 Å². The highest BCUT2D eigenvalue weighted by Gasteiger charge is 2.18. The van der Waals surface area contributed by atoms with E-state index in [2.05, 4.69) is 35.1 Å². The van der Waals surface area contributed by atoms with Crippen molar-refractivity contribution in [1.29, 1.82) is 0 Å². The van der Waals surface area contributed by atoms with E-state index in [4.69, 9.17) is 23.2 Å². The number of pyridine rings is 1. The van der Waals surface area contributed by atoms with Crippen molar-refractivity contribution in [3.05, 3.63) is 52.9 Å². The molecule has 0 aliphatic carbocycles. The minimum absolute atomic E-state index is 0.511. The van der Waals surface area contributed by atoms with E-state index in [1.54, 1.807) is 24.4 Å². The molecular formula is C20H17Cl2N7OS. The van der Waals surface area contributed by atoms with Gasteiger partial charge < -0.3 is 15.2 Å². The quantitative estimate of drug-likeness (QED) is 0.461. The number of fused-ring (bicyclic) bond motifs is 1. The van der Waals surface area contributed by atoms with Crippen LogP contribution in [0.3, 0.4) is 0 Å². The standard InChI is InChI=1S/C20H17Cl2N7OS/c21-12-2-1-3-13(22)17(12)19-26-14-4-5-23-20(18(14)28-19)27-15-10-16(25-11-24-15)29-6-8-31(30)9-7-29/h1-5,10-11H,6-9H2,(H,26,28)(H,23,24,25,27). The monoisotopic (exact) mass is 473 g/mol. The van der Waals surface area contributed by atoms with Gasteiger partial charge >= 0.3 is 0 Å². The summed E-state index contributed by atoms with van der Waals surface area (Å²) < 4.78 is 11.6. The van der Waals surface area contributed by atoms with Crippen molar-refractivity contribution in [3.8, 4) is 11.4 Å². The number of aromatic amines is 1. The molecule has 0 radical (unpaired) electrons. The van der Waals surface area contributed by atoms with E-state index in [-0.39, 0.29) is 0 Å². The van der Waals surface area contributed by atoms with Gasteiger partial charge in [0, 0.05) is 47.7 Å². The van der Waals surface area contributed by atoms with Crippen molar-refractivity contribution in [2.24, 2.45) is 0 Å². The van der Waals surface area contributed by atoms with E-state index in [1.807, 2.05) is 12.1 Å². The first kappa shape index (κ1) is 20.2. The summed E-state index contributed by atoms with van der Waals surface area (Å²) in [5.41, 5.74) is 2.07. The first-order valence-electron chi connectivity index (χ1n) is 9.56. The molecule has 8 nitrogen and oxygen atoms in total. The molecule has 4 aromatic rings. The van der Waals surface area contributed by atoms with Crippen molar-refractivity contribution in [2.75, 3.05) is 34.8 Å². The molecule has 4 heterocycles. The van der Waals surface area contributed by atoms with Crippen molar-refractivity contribution < 1.29 is 4.21 Å². The van der Waals surface area contributed by atoms with Gasteiger partial charge in [-0.3, -0.25) is 4.21 Å². The average molecular weight is 474 g/mol. The summed E-state index contributed by atoms with van der Waals surface area (Å²) in [5, 5.41) is 4.25. The molecular weight excluding hydrogens is 457 g/mol. The maximum absolute atomic E-state index is 11.6. The Hall–Kier alpha value is -2.75. The number of aromatic nitrogens is 5. The van der Waals surface area contributed by atoms with Crippen LogP contribution in [0.2, 0.25) is 10.0 Å². The van der Waals surface area contributed by atoms with E-state index >= 15 is 0 Å². The van der Waals surface area contributed by atoms with Crippen LogP contribution in [-0.2, 0) is 10.8 Å². The van der Waals surface area contributed by atoms with Gasteiger partial charge in [0.1, 0.15) is 29.3 Å². The molecule has 1 aliphatic rings. The first-order valence-corrected chi connectivity index (χ1v) is 11.8. The molecule has 1 aliphatic heterocycles. The van der Waals surface area contributed by atoms with Crippen LogP contribution in [0, 0.1) is 0 Å². The zero-order valence-electron chi connectivity index (χ0n) is 16.2. The van der Waals surface area contributed by atoms with Gasteiger partial charge in [-0.15, -0.1) is 0 Å². The molecule has 0 bridgehead atoms. The summed E-state index contributed by atoms with van der Waals surface area (Å²) in [4.78, 5) is 23.2. The SMILES string of the molecule is O=S1CCN(c2cc(Nc3nccc4[nH]c(-c5c(Cl)cccc5Cl)nc34)ncn2)CC1. The lowest BCUT2D eigenvalue weighted by molar-refractivity contribution is 0.672. The largest absolute Gasteiger partial charge is 0.355 e. The number of halogens is 2. The molecule has 0 spiro atoms. The molecule has 1 aromatic carbocycles. The van der Waals surface area contributed by atoms with Crippen LogP contribution >= 0.6 is 23.2 Å². The number of hydrogen-bond acceptors (Lipinski definition) is 7. The second-order valence-corrected chi connectivity index (χ2v) is 9.47. The third-order valence-corrected chi connectivity index (χ3v) is 6.91. The van der Waals surface area contributed by atoms with Gasteiger partial charge in [-0.1, -0.05) is 29.3 Å². The third kappa shape index (κ3) is 4.08. The Balaban J connectivity index is 1.47. The van der Waals surface area contributed by atoms with Gasteiger partial charge in [0.15, 0.2) is 5.82 Å². The maximum atomic E-state index is 11.6. The Labute approximate surface area is 190 Å². The fourth-order valence-corrected chi connectivity index (χ4v) is 5.07. The smallest absolute Gasteiger partial charge is 0.159 e. The predicted molar refractivity (Wildman–Crippen MR) is 125 cm³/mol. The molecule has 11 heteroatoms. The molecule has 2 N–H and O–H groups in total. The Kier molecular flexibility index (Phi) is 5.47. The van der Waals surface area contributed by atoms with Crippen molar-refractivity contribution in [1.82, 2.24) is 24.9 Å². The zero-order valence-corrected chi connectivity index (χ0v) is 18.5. The molecule has 158 valence electrons. The number of benzene rings is 1. The van der Waals surface area contributed by atoms with E-state index in [0.717, 1.165) is 11.3 Å². The molecule has 0 saturated carbocycles. The number of hydrogen-bond donors (Lipinski definition) is 2. The van der Waals surface area contributed by atoms with E-state index < -0.39 is 10.8 Å². The van der Waals surface area contributed by atoms with Gasteiger partial charge in [0.05, 0.1) is 21.1 Å². The first-order chi connectivity index (χ1) is 15.1. The zero-order chi connectivity index (χ0) is 21.4. The van der Waals surface area contributed by atoms with Gasteiger partial charge in [0.25, 0.3) is 0 Å². The summed E-state index contributed by atoms with van der Waals surface area (Å²) in [6, 6.07) is 9.02. The van der Waals surface area contributed by atoms with Crippen LogP contribution < -0.4 is 10.2 Å². The number of imidazole rings is 1. The Morgan fingerprint density at radius 1 is 1.06 bits per heavy atom. The highest BCUT2D eigenvalue weighted by Crippen LogP contribution is 2.35. The second kappa shape index (κ2) is 8.41. The van der Waals surface area contributed by atoms with Gasteiger partial charge in [-0.25, -0.2) is 19.9 Å². The lowest BCUT2D eigenvalue weighted by atomic mass is 10.2. The average Bonchev–Trinajstić information content (AvgIpc) is 3.19. The third-order valence-electron chi connectivity index (χ3n) is 5.00. The molecule has 0 atom stereocenters. The van der Waals surface area contributed by atoms with Gasteiger partial charge in [-0.2, -0.15) is 0 Å². The van der Waals surface area contributed by atoms with Crippen LogP contribution in [-0.4, -0.2) is 53.7 Å². The Morgan fingerprint density at radius 3 is 2.61 bits per heavy atom. The van der Waals surface area contributed by atoms with E-state index in [9.17, 15) is 4.21 Å². The molecule has 1 saturated heterocycles. The highest BCUT2D eigenvalue weighted by atomic mass is 35.5. The summed E-state index contributed by atoms with van der Waals surface area (Å²) in [5.74, 6) is 3.78. The predicted octanol–water partition coefficient (Wildman–Crippen LogP) is 4.03. The lowest BCUT2D eigenvalue weighted by Gasteiger charge is -2.27. The number of nitrogens with zero attached hydrogens (tertiary/aromatic N) is 5. The number of anilines is 3.